The minimum atomic E-state index is -0.733. The van der Waals surface area contributed by atoms with Crippen LogP contribution in [0.3, 0.4) is 0 Å². The molecule has 0 amide bonds. The molecule has 0 bridgehead atoms. The van der Waals surface area contributed by atoms with Crippen LogP contribution in [0.5, 0.6) is 0 Å². The Morgan fingerprint density at radius 2 is 0.941 bits per heavy atom. The van der Waals surface area contributed by atoms with E-state index in [0.29, 0.717) is 0 Å². The molecule has 0 heterocycles. The molecule has 0 saturated carbocycles. The Morgan fingerprint density at radius 3 is 1.18 bits per heavy atom. The average Bonchev–Trinajstić information content (AvgIpc) is 2.66. The first-order valence-corrected chi connectivity index (χ1v) is 10.0. The second-order valence-electron chi connectivity index (χ2n) is 5.50. The molecule has 0 aromatic carbocycles. The van der Waals surface area contributed by atoms with Gasteiger partial charge in [0.2, 0.25) is 0 Å². The van der Waals surface area contributed by atoms with Crippen LogP contribution < -0.4 is 0 Å². The van der Waals surface area contributed by atoms with Crippen LogP contribution in [0.25, 0.3) is 0 Å². The summed E-state index contributed by atoms with van der Waals surface area (Å²) < 4.78 is 3.69. The van der Waals surface area contributed by atoms with Crippen LogP contribution in [0.4, 0.5) is 0 Å². The summed E-state index contributed by atoms with van der Waals surface area (Å²) in [5, 5.41) is 0. The number of rotatable bonds is 2. The van der Waals surface area contributed by atoms with Crippen molar-refractivity contribution in [2.45, 2.75) is 54.4 Å². The van der Waals surface area contributed by atoms with Gasteiger partial charge in [0, 0.05) is 0 Å². The molecule has 17 heavy (non-hydrogen) atoms. The van der Waals surface area contributed by atoms with Crippen molar-refractivity contribution in [3.63, 3.8) is 0 Å². The molecular weight excluding hydrogens is 371 g/mol. The van der Waals surface area contributed by atoms with Crippen LogP contribution in [-0.2, 0) is 22.9 Å². The Morgan fingerprint density at radius 1 is 0.588 bits per heavy atom. The van der Waals surface area contributed by atoms with E-state index in [-0.39, 0.29) is 0 Å². The van der Waals surface area contributed by atoms with Crippen LogP contribution in [0, 0.1) is 0 Å². The van der Waals surface area contributed by atoms with Gasteiger partial charge in [0.15, 0.2) is 0 Å². The summed E-state index contributed by atoms with van der Waals surface area (Å²) in [7, 11) is 0. The molecule has 0 fully saturated rings. The first-order chi connectivity index (χ1) is 7.91. The zero-order valence-corrected chi connectivity index (χ0v) is 15.5. The molecule has 0 radical (unpaired) electrons. The zero-order chi connectivity index (χ0) is 12.7. The molecule has 0 aliphatic heterocycles. The number of hydrogen-bond acceptors (Lipinski definition) is 0. The number of allylic oxidation sites excluding steroid dienone is 8. The molecule has 0 aromatic rings. The quantitative estimate of drug-likeness (QED) is 0.574. The van der Waals surface area contributed by atoms with Gasteiger partial charge in [-0.15, -0.1) is 0 Å². The predicted molar refractivity (Wildman–Crippen MR) is 71.4 cm³/mol. The molecule has 0 atom stereocenters. The van der Waals surface area contributed by atoms with Crippen LogP contribution in [0.15, 0.2) is 40.1 Å². The van der Waals surface area contributed by atoms with Crippen molar-refractivity contribution in [1.82, 2.24) is 0 Å². The maximum atomic E-state index is 2.34. The topological polar surface area (TPSA) is 0 Å². The normalized spacial score (nSPS) is 21.3. The van der Waals surface area contributed by atoms with Crippen molar-refractivity contribution in [2.75, 3.05) is 0 Å². The molecule has 1 heteroatoms. The summed E-state index contributed by atoms with van der Waals surface area (Å²) in [6.45, 7) is 13.9. The van der Waals surface area contributed by atoms with Crippen molar-refractivity contribution < 1.29 is 22.9 Å². The Kier molecular flexibility index (Phi) is 3.77. The summed E-state index contributed by atoms with van der Waals surface area (Å²) in [6, 6.07) is 0. The molecule has 0 nitrogen and oxygen atoms in total. The van der Waals surface area contributed by atoms with Gasteiger partial charge in [-0.2, -0.15) is 0 Å². The summed E-state index contributed by atoms with van der Waals surface area (Å²) >= 11 is -0.733. The van der Waals surface area contributed by atoms with Gasteiger partial charge >= 0.3 is 117 Å². The first-order valence-electron chi connectivity index (χ1n) is 6.41. The van der Waals surface area contributed by atoms with Gasteiger partial charge in [0.1, 0.15) is 0 Å². The van der Waals surface area contributed by atoms with Crippen LogP contribution in [0.2, 0.25) is 0 Å². The van der Waals surface area contributed by atoms with Gasteiger partial charge in [-0.1, -0.05) is 0 Å². The van der Waals surface area contributed by atoms with Gasteiger partial charge in [-0.3, -0.25) is 0 Å². The van der Waals surface area contributed by atoms with Gasteiger partial charge in [-0.25, -0.2) is 0 Å². The van der Waals surface area contributed by atoms with E-state index in [1.165, 1.54) is 12.8 Å². The fourth-order valence-electron chi connectivity index (χ4n) is 2.61. The van der Waals surface area contributed by atoms with Crippen LogP contribution in [0.1, 0.15) is 54.4 Å². The van der Waals surface area contributed by atoms with E-state index in [2.05, 4.69) is 41.5 Å². The second-order valence-corrected chi connectivity index (χ2v) is 10.7. The monoisotopic (exact) mass is 394 g/mol. The molecule has 90 valence electrons. The minimum absolute atomic E-state index is 0.733. The molecule has 0 saturated heterocycles. The SMILES string of the molecule is CC1=C(C)C(C)=[C]([Hf][C]2=C(C)C(C)=C(C)C2)C1. The average molecular weight is 393 g/mol. The predicted octanol–water partition coefficient (Wildman–Crippen LogP) is 5.10. The Hall–Kier alpha value is -0.170. The van der Waals surface area contributed by atoms with E-state index in [1.807, 2.05) is 6.66 Å². The van der Waals surface area contributed by atoms with Gasteiger partial charge in [0.25, 0.3) is 0 Å². The Bertz CT molecular complexity index is 450. The number of hydrogen-bond donors (Lipinski definition) is 0. The van der Waals surface area contributed by atoms with Crippen LogP contribution >= 0.6 is 0 Å². The standard InChI is InChI=1S/2C8H11.Hf/c2*1-6-4-5-7(2)8(6)3;/h2*4H2,1-3H3;. The molecular formula is C16H22Hf. The van der Waals surface area contributed by atoms with E-state index in [4.69, 9.17) is 0 Å². The van der Waals surface area contributed by atoms with Gasteiger partial charge < -0.3 is 0 Å². The van der Waals surface area contributed by atoms with E-state index >= 15 is 0 Å². The van der Waals surface area contributed by atoms with Crippen molar-refractivity contribution in [3.8, 4) is 0 Å². The zero-order valence-electron chi connectivity index (χ0n) is 11.9. The third kappa shape index (κ3) is 2.36. The summed E-state index contributed by atoms with van der Waals surface area (Å²) in [5.41, 5.74) is 9.64. The van der Waals surface area contributed by atoms with Crippen molar-refractivity contribution in [3.05, 3.63) is 40.1 Å². The molecule has 0 aromatic heterocycles. The maximum absolute atomic E-state index is 2.34. The van der Waals surface area contributed by atoms with Crippen molar-refractivity contribution >= 4 is 0 Å². The van der Waals surface area contributed by atoms with E-state index in [1.54, 1.807) is 33.4 Å². The van der Waals surface area contributed by atoms with Gasteiger partial charge in [-0.05, 0) is 0 Å². The Labute approximate surface area is 117 Å². The fraction of sp³-hybridized carbons (Fsp3) is 0.500. The second kappa shape index (κ2) is 4.84. The Balaban J connectivity index is 2.18. The van der Waals surface area contributed by atoms with E-state index in [9.17, 15) is 0 Å². The fourth-order valence-corrected chi connectivity index (χ4v) is 9.16. The summed E-state index contributed by atoms with van der Waals surface area (Å²) in [6.07, 6.45) is 2.57. The molecule has 0 N–H and O–H groups in total. The van der Waals surface area contributed by atoms with E-state index < -0.39 is 22.9 Å². The molecule has 2 aliphatic carbocycles. The van der Waals surface area contributed by atoms with Crippen molar-refractivity contribution in [1.29, 1.82) is 0 Å². The molecule has 0 unspecified atom stereocenters. The van der Waals surface area contributed by atoms with Crippen molar-refractivity contribution in [2.24, 2.45) is 0 Å². The van der Waals surface area contributed by atoms with Gasteiger partial charge in [0.05, 0.1) is 0 Å². The molecule has 0 spiro atoms. The summed E-state index contributed by atoms with van der Waals surface area (Å²) in [5.74, 6) is 0. The summed E-state index contributed by atoms with van der Waals surface area (Å²) in [4.78, 5) is 0. The van der Waals surface area contributed by atoms with E-state index in [0.717, 1.165) is 0 Å². The molecule has 2 aliphatic rings. The molecule has 2 rings (SSSR count). The first kappa shape index (κ1) is 13.3. The van der Waals surface area contributed by atoms with Crippen LogP contribution in [-0.4, -0.2) is 0 Å². The third-order valence-corrected chi connectivity index (χ3v) is 10.6. The third-order valence-electron chi connectivity index (χ3n) is 4.50.